The van der Waals surface area contributed by atoms with Crippen LogP contribution in [0.2, 0.25) is 0 Å². The molecular formula is C8H11B. The normalized spacial score (nSPS) is 13.6. The third-order valence-corrected chi connectivity index (χ3v) is 1.09. The molecule has 0 aromatic heterocycles. The van der Waals surface area contributed by atoms with Crippen molar-refractivity contribution in [2.45, 2.75) is 13.8 Å². The summed E-state index contributed by atoms with van der Waals surface area (Å²) in [4.78, 5) is 0. The van der Waals surface area contributed by atoms with Crippen molar-refractivity contribution in [3.05, 3.63) is 35.9 Å². The van der Waals surface area contributed by atoms with Crippen LogP contribution in [0.5, 0.6) is 0 Å². The fourth-order valence-corrected chi connectivity index (χ4v) is 0.405. The minimum absolute atomic E-state index is 0.714. The Morgan fingerprint density at radius 2 is 2.11 bits per heavy atom. The zero-order valence-electron chi connectivity index (χ0n) is 6.02. The van der Waals surface area contributed by atoms with E-state index in [2.05, 4.69) is 6.58 Å². The van der Waals surface area contributed by atoms with Gasteiger partial charge in [0.25, 0.3) is 0 Å². The summed E-state index contributed by atoms with van der Waals surface area (Å²) in [5.74, 6) is 0. The maximum absolute atomic E-state index is 5.45. The number of hydrogen-bond acceptors (Lipinski definition) is 0. The van der Waals surface area contributed by atoms with Crippen LogP contribution in [0.1, 0.15) is 13.8 Å². The minimum atomic E-state index is 0.714. The lowest BCUT2D eigenvalue weighted by Gasteiger charge is -1.90. The molecule has 0 saturated heterocycles. The molecule has 0 spiro atoms. The Bertz CT molecular complexity index is 152. The molecule has 0 N–H and O–H groups in total. The van der Waals surface area contributed by atoms with Crippen LogP contribution in [0.4, 0.5) is 0 Å². The van der Waals surface area contributed by atoms with Crippen molar-refractivity contribution >= 4 is 7.85 Å². The number of hydrogen-bond donors (Lipinski definition) is 0. The molecule has 0 aliphatic rings. The number of allylic oxidation sites excluding steroid dienone is 5. The predicted molar refractivity (Wildman–Crippen MR) is 43.5 cm³/mol. The molecule has 2 radical (unpaired) electrons. The van der Waals surface area contributed by atoms with Crippen molar-refractivity contribution in [3.8, 4) is 0 Å². The highest BCUT2D eigenvalue weighted by Gasteiger charge is 1.79. The molecule has 0 aromatic rings. The van der Waals surface area contributed by atoms with Crippen molar-refractivity contribution in [3.63, 3.8) is 0 Å². The van der Waals surface area contributed by atoms with E-state index in [-0.39, 0.29) is 0 Å². The van der Waals surface area contributed by atoms with Gasteiger partial charge < -0.3 is 0 Å². The smallest absolute Gasteiger partial charge is 0.0997 e. The van der Waals surface area contributed by atoms with Crippen LogP contribution in [-0.4, -0.2) is 7.85 Å². The lowest BCUT2D eigenvalue weighted by atomic mass is 9.94. The largest absolute Gasteiger partial charge is 0.113 e. The van der Waals surface area contributed by atoms with E-state index in [0.29, 0.717) is 5.47 Å². The summed E-state index contributed by atoms with van der Waals surface area (Å²) < 4.78 is 0. The molecule has 0 aromatic carbocycles. The maximum atomic E-state index is 5.45. The first-order valence-corrected chi connectivity index (χ1v) is 2.93. The van der Waals surface area contributed by atoms with Gasteiger partial charge in [-0.1, -0.05) is 35.9 Å². The average Bonchev–Trinajstić information content (AvgIpc) is 1.87. The van der Waals surface area contributed by atoms with Crippen LogP contribution >= 0.6 is 0 Å². The highest BCUT2D eigenvalue weighted by Crippen LogP contribution is 1.98. The molecule has 1 heteroatoms. The van der Waals surface area contributed by atoms with E-state index >= 15 is 0 Å². The first kappa shape index (κ1) is 8.28. The molecule has 0 unspecified atom stereocenters. The van der Waals surface area contributed by atoms with E-state index in [0.717, 1.165) is 5.57 Å². The number of rotatable bonds is 2. The summed E-state index contributed by atoms with van der Waals surface area (Å²) >= 11 is 0. The quantitative estimate of drug-likeness (QED) is 0.385. The van der Waals surface area contributed by atoms with Crippen LogP contribution < -0.4 is 0 Å². The third kappa shape index (κ3) is 3.83. The van der Waals surface area contributed by atoms with Crippen LogP contribution in [0, 0.1) is 0 Å². The molecule has 0 heterocycles. The molecular weight excluding hydrogens is 107 g/mol. The molecule has 0 aliphatic heterocycles. The fourth-order valence-electron chi connectivity index (χ4n) is 0.405. The van der Waals surface area contributed by atoms with Crippen LogP contribution in [0.25, 0.3) is 0 Å². The van der Waals surface area contributed by atoms with Crippen molar-refractivity contribution in [1.82, 2.24) is 0 Å². The van der Waals surface area contributed by atoms with Gasteiger partial charge in [-0.15, -0.1) is 0 Å². The van der Waals surface area contributed by atoms with Crippen molar-refractivity contribution in [2.24, 2.45) is 0 Å². The van der Waals surface area contributed by atoms with Gasteiger partial charge in [0, 0.05) is 0 Å². The Morgan fingerprint density at radius 1 is 1.56 bits per heavy atom. The van der Waals surface area contributed by atoms with E-state index in [1.807, 2.05) is 26.0 Å². The molecule has 0 saturated carbocycles. The first-order chi connectivity index (χ1) is 4.20. The topological polar surface area (TPSA) is 0 Å². The fraction of sp³-hybridized carbons (Fsp3) is 0.250. The second-order valence-electron chi connectivity index (χ2n) is 1.88. The Kier molecular flexibility index (Phi) is 3.86. The molecule has 46 valence electrons. The lowest BCUT2D eigenvalue weighted by molar-refractivity contribution is 1.47. The molecule has 0 nitrogen and oxygen atoms in total. The van der Waals surface area contributed by atoms with Crippen LogP contribution in [-0.2, 0) is 0 Å². The van der Waals surface area contributed by atoms with Crippen LogP contribution in [0.15, 0.2) is 35.9 Å². The standard InChI is InChI=1S/C8H11B/c1-4-7(3)6-8(9)5-2/h4-6H,2H2,1,3H3/b7-4-,8-6+. The summed E-state index contributed by atoms with van der Waals surface area (Å²) in [6, 6.07) is 0. The first-order valence-electron chi connectivity index (χ1n) is 2.93. The van der Waals surface area contributed by atoms with Gasteiger partial charge in [-0.05, 0) is 13.8 Å². The summed E-state index contributed by atoms with van der Waals surface area (Å²) in [6.07, 6.45) is 5.51. The molecule has 0 fully saturated rings. The second-order valence-corrected chi connectivity index (χ2v) is 1.88. The molecule has 0 aliphatic carbocycles. The Balaban J connectivity index is 4.11. The summed E-state index contributed by atoms with van der Waals surface area (Å²) in [5.41, 5.74) is 1.87. The van der Waals surface area contributed by atoms with Crippen molar-refractivity contribution in [2.75, 3.05) is 0 Å². The van der Waals surface area contributed by atoms with Gasteiger partial charge in [0.15, 0.2) is 0 Å². The lowest BCUT2D eigenvalue weighted by Crippen LogP contribution is -1.74. The van der Waals surface area contributed by atoms with Gasteiger partial charge in [0.2, 0.25) is 0 Å². The monoisotopic (exact) mass is 118 g/mol. The molecule has 0 amide bonds. The highest BCUT2D eigenvalue weighted by molar-refractivity contribution is 6.23. The van der Waals surface area contributed by atoms with E-state index in [1.165, 1.54) is 0 Å². The van der Waals surface area contributed by atoms with Crippen molar-refractivity contribution in [1.29, 1.82) is 0 Å². The second kappa shape index (κ2) is 4.19. The van der Waals surface area contributed by atoms with Gasteiger partial charge in [-0.25, -0.2) is 0 Å². The molecule has 0 atom stereocenters. The van der Waals surface area contributed by atoms with E-state index in [4.69, 9.17) is 7.85 Å². The van der Waals surface area contributed by atoms with Gasteiger partial charge in [-0.3, -0.25) is 0 Å². The van der Waals surface area contributed by atoms with E-state index < -0.39 is 0 Å². The zero-order chi connectivity index (χ0) is 7.28. The van der Waals surface area contributed by atoms with Gasteiger partial charge in [0.05, 0.1) is 0 Å². The van der Waals surface area contributed by atoms with Crippen LogP contribution in [0.3, 0.4) is 0 Å². The Hall–Kier alpha value is -0.715. The third-order valence-electron chi connectivity index (χ3n) is 1.09. The average molecular weight is 118 g/mol. The van der Waals surface area contributed by atoms with Gasteiger partial charge in [-0.2, -0.15) is 0 Å². The molecule has 0 rings (SSSR count). The SMILES string of the molecule is [B]/C(C=C)=C/C(C)=C\C. The Morgan fingerprint density at radius 3 is 2.44 bits per heavy atom. The van der Waals surface area contributed by atoms with Crippen molar-refractivity contribution < 1.29 is 0 Å². The summed E-state index contributed by atoms with van der Waals surface area (Å²) in [5, 5.41) is 0. The predicted octanol–water partition coefficient (Wildman–Crippen LogP) is 2.19. The maximum Gasteiger partial charge on any atom is 0.113 e. The highest BCUT2D eigenvalue weighted by atomic mass is 13.8. The van der Waals surface area contributed by atoms with Gasteiger partial charge >= 0.3 is 0 Å². The minimum Gasteiger partial charge on any atom is -0.0997 e. The summed E-state index contributed by atoms with van der Waals surface area (Å²) in [7, 11) is 5.45. The Labute approximate surface area is 58.4 Å². The van der Waals surface area contributed by atoms with Gasteiger partial charge in [0.1, 0.15) is 7.85 Å². The molecule has 0 bridgehead atoms. The van der Waals surface area contributed by atoms with E-state index in [1.54, 1.807) is 6.08 Å². The molecule has 9 heavy (non-hydrogen) atoms. The van der Waals surface area contributed by atoms with E-state index in [9.17, 15) is 0 Å². The summed E-state index contributed by atoms with van der Waals surface area (Å²) in [6.45, 7) is 7.50. The zero-order valence-corrected chi connectivity index (χ0v) is 6.02.